The molecular weight excluding hydrogens is 107 g/mol. The lowest BCUT2D eigenvalue weighted by atomic mass is 9.90. The molecule has 0 aromatic heterocycles. The third-order valence-corrected chi connectivity index (χ3v) is 0.618. The molecule has 0 radical (unpaired) electrons. The summed E-state index contributed by atoms with van der Waals surface area (Å²) in [6, 6.07) is 0. The highest BCUT2D eigenvalue weighted by atomic mass is 16.5. The Hall–Kier alpha value is -0.475. The molecule has 0 aliphatic carbocycles. The molecule has 0 rings (SSSR count). The van der Waals surface area contributed by atoms with Crippen LogP contribution in [0.4, 0.5) is 0 Å². The molecule has 0 aliphatic heterocycles. The SMILES string of the molecule is C=C(OCC)B(O)O. The zero-order valence-electron chi connectivity index (χ0n) is 4.79. The van der Waals surface area contributed by atoms with E-state index in [1.165, 1.54) is 0 Å². The monoisotopic (exact) mass is 116 g/mol. The van der Waals surface area contributed by atoms with E-state index in [2.05, 4.69) is 11.3 Å². The van der Waals surface area contributed by atoms with Crippen LogP contribution in [0.3, 0.4) is 0 Å². The third-order valence-electron chi connectivity index (χ3n) is 0.618. The van der Waals surface area contributed by atoms with Gasteiger partial charge in [0, 0.05) is 0 Å². The standard InChI is InChI=1S/C4H9BO3/c1-3-8-4(2)5(6)7/h6-7H,2-3H2,1H3. The van der Waals surface area contributed by atoms with Gasteiger partial charge in [-0.2, -0.15) is 0 Å². The molecule has 0 unspecified atom stereocenters. The lowest BCUT2D eigenvalue weighted by Gasteiger charge is -2.02. The van der Waals surface area contributed by atoms with E-state index in [9.17, 15) is 0 Å². The summed E-state index contributed by atoms with van der Waals surface area (Å²) in [5.41, 5.74) is -0.00694. The van der Waals surface area contributed by atoms with Gasteiger partial charge in [-0.3, -0.25) is 0 Å². The first-order chi connectivity index (χ1) is 3.68. The molecule has 0 spiro atoms. The van der Waals surface area contributed by atoms with Gasteiger partial charge in [0.25, 0.3) is 0 Å². The summed E-state index contributed by atoms with van der Waals surface area (Å²) in [6.07, 6.45) is 0. The molecule has 0 aliphatic rings. The summed E-state index contributed by atoms with van der Waals surface area (Å²) < 4.78 is 4.61. The second-order valence-corrected chi connectivity index (χ2v) is 1.27. The molecule has 0 aromatic rings. The van der Waals surface area contributed by atoms with Crippen LogP contribution in [0.1, 0.15) is 6.92 Å². The molecule has 0 bridgehead atoms. The van der Waals surface area contributed by atoms with Crippen molar-refractivity contribution in [2.45, 2.75) is 6.92 Å². The van der Waals surface area contributed by atoms with Crippen LogP contribution < -0.4 is 0 Å². The van der Waals surface area contributed by atoms with Crippen molar-refractivity contribution in [1.29, 1.82) is 0 Å². The van der Waals surface area contributed by atoms with Gasteiger partial charge in [0.05, 0.1) is 6.61 Å². The summed E-state index contributed by atoms with van der Waals surface area (Å²) in [4.78, 5) is 0. The quantitative estimate of drug-likeness (QED) is 0.387. The molecule has 46 valence electrons. The van der Waals surface area contributed by atoms with Crippen molar-refractivity contribution in [1.82, 2.24) is 0 Å². The van der Waals surface area contributed by atoms with Crippen LogP contribution in [0.5, 0.6) is 0 Å². The Morgan fingerprint density at radius 1 is 1.75 bits per heavy atom. The predicted octanol–water partition coefficient (Wildman–Crippen LogP) is -0.451. The fourth-order valence-corrected chi connectivity index (χ4v) is 0.260. The molecular formula is C4H9BO3. The Balaban J connectivity index is 3.33. The number of rotatable bonds is 3. The summed E-state index contributed by atoms with van der Waals surface area (Å²) in [7, 11) is -1.55. The van der Waals surface area contributed by atoms with Gasteiger partial charge in [0.1, 0.15) is 5.66 Å². The van der Waals surface area contributed by atoms with Crippen LogP contribution in [-0.2, 0) is 4.74 Å². The average molecular weight is 116 g/mol. The zero-order valence-corrected chi connectivity index (χ0v) is 4.79. The first kappa shape index (κ1) is 7.52. The Morgan fingerprint density at radius 3 is 2.38 bits per heavy atom. The van der Waals surface area contributed by atoms with Gasteiger partial charge in [-0.1, -0.05) is 6.58 Å². The van der Waals surface area contributed by atoms with Crippen LogP contribution in [0.25, 0.3) is 0 Å². The first-order valence-corrected chi connectivity index (χ1v) is 2.36. The highest BCUT2D eigenvalue weighted by Crippen LogP contribution is 1.92. The molecule has 0 saturated heterocycles. The normalized spacial score (nSPS) is 8.38. The van der Waals surface area contributed by atoms with Crippen molar-refractivity contribution in [3.63, 3.8) is 0 Å². The largest absolute Gasteiger partial charge is 0.525 e. The van der Waals surface area contributed by atoms with Crippen LogP contribution in [0.15, 0.2) is 12.2 Å². The minimum atomic E-state index is -1.55. The Bertz CT molecular complexity index is 81.4. The van der Waals surface area contributed by atoms with Crippen molar-refractivity contribution in [2.75, 3.05) is 6.61 Å². The highest BCUT2D eigenvalue weighted by Gasteiger charge is 2.11. The van der Waals surface area contributed by atoms with Crippen LogP contribution >= 0.6 is 0 Å². The lowest BCUT2D eigenvalue weighted by Crippen LogP contribution is -2.16. The van der Waals surface area contributed by atoms with Crippen LogP contribution in [-0.4, -0.2) is 23.8 Å². The van der Waals surface area contributed by atoms with Crippen LogP contribution in [0.2, 0.25) is 0 Å². The molecule has 0 saturated carbocycles. The molecule has 8 heavy (non-hydrogen) atoms. The van der Waals surface area contributed by atoms with Gasteiger partial charge in [-0.25, -0.2) is 0 Å². The van der Waals surface area contributed by atoms with Gasteiger partial charge < -0.3 is 14.8 Å². The van der Waals surface area contributed by atoms with Crippen molar-refractivity contribution in [3.05, 3.63) is 12.2 Å². The van der Waals surface area contributed by atoms with Gasteiger partial charge in [0.15, 0.2) is 0 Å². The third kappa shape index (κ3) is 2.66. The number of hydrogen-bond acceptors (Lipinski definition) is 3. The fraction of sp³-hybridized carbons (Fsp3) is 0.500. The van der Waals surface area contributed by atoms with Gasteiger partial charge >= 0.3 is 7.12 Å². The topological polar surface area (TPSA) is 49.7 Å². The van der Waals surface area contributed by atoms with E-state index in [0.717, 1.165) is 0 Å². The minimum absolute atomic E-state index is 0.00694. The molecule has 4 heteroatoms. The second kappa shape index (κ2) is 3.52. The Morgan fingerprint density at radius 2 is 2.25 bits per heavy atom. The predicted molar refractivity (Wildman–Crippen MR) is 31.0 cm³/mol. The molecule has 3 nitrogen and oxygen atoms in total. The van der Waals surface area contributed by atoms with E-state index in [0.29, 0.717) is 6.61 Å². The van der Waals surface area contributed by atoms with Crippen molar-refractivity contribution < 1.29 is 14.8 Å². The summed E-state index contributed by atoms with van der Waals surface area (Å²) >= 11 is 0. The molecule has 2 N–H and O–H groups in total. The maximum atomic E-state index is 8.28. The molecule has 0 fully saturated rings. The van der Waals surface area contributed by atoms with E-state index in [1.807, 2.05) is 0 Å². The lowest BCUT2D eigenvalue weighted by molar-refractivity contribution is 0.230. The van der Waals surface area contributed by atoms with Gasteiger partial charge in [-0.05, 0) is 6.92 Å². The summed E-state index contributed by atoms with van der Waals surface area (Å²) in [5.74, 6) is 0. The molecule has 0 atom stereocenters. The summed E-state index contributed by atoms with van der Waals surface area (Å²) in [6.45, 7) is 5.38. The highest BCUT2D eigenvalue weighted by molar-refractivity contribution is 6.49. The van der Waals surface area contributed by atoms with Crippen molar-refractivity contribution in [2.24, 2.45) is 0 Å². The van der Waals surface area contributed by atoms with Gasteiger partial charge in [0.2, 0.25) is 0 Å². The van der Waals surface area contributed by atoms with Crippen molar-refractivity contribution >= 4 is 7.12 Å². The first-order valence-electron chi connectivity index (χ1n) is 2.36. The number of hydrogen-bond donors (Lipinski definition) is 2. The second-order valence-electron chi connectivity index (χ2n) is 1.27. The average Bonchev–Trinajstić information content (AvgIpc) is 1.67. The number of ether oxygens (including phenoxy) is 1. The maximum Gasteiger partial charge on any atom is 0.525 e. The van der Waals surface area contributed by atoms with E-state index >= 15 is 0 Å². The Kier molecular flexibility index (Phi) is 3.31. The van der Waals surface area contributed by atoms with Crippen molar-refractivity contribution in [3.8, 4) is 0 Å². The van der Waals surface area contributed by atoms with Crippen LogP contribution in [0, 0.1) is 0 Å². The van der Waals surface area contributed by atoms with E-state index in [-0.39, 0.29) is 5.66 Å². The maximum absolute atomic E-state index is 8.28. The van der Waals surface area contributed by atoms with E-state index < -0.39 is 7.12 Å². The van der Waals surface area contributed by atoms with Gasteiger partial charge in [-0.15, -0.1) is 0 Å². The molecule has 0 aromatic carbocycles. The molecule has 0 amide bonds. The fourth-order valence-electron chi connectivity index (χ4n) is 0.260. The Labute approximate surface area is 48.7 Å². The summed E-state index contributed by atoms with van der Waals surface area (Å²) in [5, 5.41) is 16.6. The smallest absolute Gasteiger partial charge is 0.502 e. The zero-order chi connectivity index (χ0) is 6.57. The molecule has 0 heterocycles. The van der Waals surface area contributed by atoms with E-state index in [1.54, 1.807) is 6.92 Å². The van der Waals surface area contributed by atoms with E-state index in [4.69, 9.17) is 10.0 Å². The minimum Gasteiger partial charge on any atom is -0.502 e.